The summed E-state index contributed by atoms with van der Waals surface area (Å²) in [6.45, 7) is 8.45. The van der Waals surface area contributed by atoms with Gasteiger partial charge in [0.1, 0.15) is 6.33 Å². The summed E-state index contributed by atoms with van der Waals surface area (Å²) >= 11 is 0. The van der Waals surface area contributed by atoms with Crippen LogP contribution in [0.25, 0.3) is 10.9 Å². The summed E-state index contributed by atoms with van der Waals surface area (Å²) in [4.78, 5) is 13.4. The molecule has 1 aromatic carbocycles. The van der Waals surface area contributed by atoms with Crippen molar-refractivity contribution < 1.29 is 9.47 Å². The first-order chi connectivity index (χ1) is 11.9. The third-order valence-electron chi connectivity index (χ3n) is 4.82. The second-order valence-corrected chi connectivity index (χ2v) is 6.57. The van der Waals surface area contributed by atoms with Crippen molar-refractivity contribution in [2.24, 2.45) is 5.92 Å². The number of anilines is 1. The van der Waals surface area contributed by atoms with E-state index in [1.807, 2.05) is 6.20 Å². The van der Waals surface area contributed by atoms with E-state index in [0.717, 1.165) is 70.1 Å². The third-order valence-corrected chi connectivity index (χ3v) is 4.82. The summed E-state index contributed by atoms with van der Waals surface area (Å²) in [5.41, 5.74) is 2.26. The van der Waals surface area contributed by atoms with Gasteiger partial charge < -0.3 is 14.4 Å². The zero-order valence-electron chi connectivity index (χ0n) is 13.9. The lowest BCUT2D eigenvalue weighted by molar-refractivity contribution is 0.102. The van der Waals surface area contributed by atoms with E-state index >= 15 is 0 Å². The van der Waals surface area contributed by atoms with E-state index < -0.39 is 0 Å². The van der Waals surface area contributed by atoms with E-state index in [2.05, 4.69) is 38.0 Å². The zero-order chi connectivity index (χ0) is 16.2. The molecular weight excluding hydrogens is 304 g/mol. The highest BCUT2D eigenvalue weighted by molar-refractivity contribution is 5.81. The van der Waals surface area contributed by atoms with Crippen molar-refractivity contribution in [2.75, 3.05) is 64.1 Å². The first kappa shape index (κ1) is 15.7. The van der Waals surface area contributed by atoms with E-state index in [1.165, 1.54) is 5.69 Å². The molecule has 2 aliphatic rings. The van der Waals surface area contributed by atoms with Gasteiger partial charge in [-0.25, -0.2) is 9.97 Å². The molecule has 2 aliphatic heterocycles. The maximum atomic E-state index is 5.61. The molecule has 6 heteroatoms. The second-order valence-electron chi connectivity index (χ2n) is 6.57. The van der Waals surface area contributed by atoms with Crippen molar-refractivity contribution in [1.29, 1.82) is 0 Å². The molecule has 2 fully saturated rings. The number of fused-ring (bicyclic) bond motifs is 1. The van der Waals surface area contributed by atoms with E-state index in [1.54, 1.807) is 6.33 Å². The van der Waals surface area contributed by atoms with Gasteiger partial charge in [0.05, 0.1) is 31.9 Å². The Bertz CT molecular complexity index is 665. The highest BCUT2D eigenvalue weighted by Crippen LogP contribution is 2.21. The fourth-order valence-corrected chi connectivity index (χ4v) is 3.49. The van der Waals surface area contributed by atoms with Crippen molar-refractivity contribution >= 4 is 16.6 Å². The van der Waals surface area contributed by atoms with Crippen LogP contribution in [0.2, 0.25) is 0 Å². The summed E-state index contributed by atoms with van der Waals surface area (Å²) in [7, 11) is 0. The molecule has 2 saturated heterocycles. The molecule has 2 aromatic rings. The molecule has 0 aliphatic carbocycles. The van der Waals surface area contributed by atoms with Gasteiger partial charge in [-0.05, 0) is 18.2 Å². The Labute approximate surface area is 142 Å². The molecule has 0 saturated carbocycles. The lowest BCUT2D eigenvalue weighted by Gasteiger charge is -2.37. The number of nitrogens with zero attached hydrogens (tertiary/aromatic N) is 4. The molecule has 0 spiro atoms. The second kappa shape index (κ2) is 7.42. The minimum absolute atomic E-state index is 0.497. The van der Waals surface area contributed by atoms with Gasteiger partial charge in [-0.15, -0.1) is 0 Å². The van der Waals surface area contributed by atoms with Gasteiger partial charge in [0.2, 0.25) is 0 Å². The number of benzene rings is 1. The van der Waals surface area contributed by atoms with Crippen molar-refractivity contribution in [3.05, 3.63) is 30.7 Å². The molecule has 128 valence electrons. The largest absolute Gasteiger partial charge is 0.379 e. The number of piperazine rings is 1. The van der Waals surface area contributed by atoms with Gasteiger partial charge in [0.15, 0.2) is 0 Å². The standard InChI is InChI=1S/C18H24N4O2/c1-2-18-16(10-19-14-20-18)9-17(1)22-5-3-21(4-6-22)11-15-12-23-7-8-24-13-15/h1-2,9-10,14-15H,3-8,11-13H2. The van der Waals surface area contributed by atoms with Crippen LogP contribution in [-0.4, -0.2) is 74.0 Å². The number of ether oxygens (including phenoxy) is 2. The van der Waals surface area contributed by atoms with Crippen molar-refractivity contribution in [1.82, 2.24) is 14.9 Å². The Morgan fingerprint density at radius 3 is 2.62 bits per heavy atom. The topological polar surface area (TPSA) is 50.7 Å². The van der Waals surface area contributed by atoms with Crippen LogP contribution in [0.5, 0.6) is 0 Å². The molecule has 24 heavy (non-hydrogen) atoms. The van der Waals surface area contributed by atoms with Crippen LogP contribution in [0.3, 0.4) is 0 Å². The molecule has 0 unspecified atom stereocenters. The Morgan fingerprint density at radius 2 is 1.83 bits per heavy atom. The van der Waals surface area contributed by atoms with Gasteiger partial charge in [-0.3, -0.25) is 4.90 Å². The molecule has 1 aromatic heterocycles. The molecular formula is C18H24N4O2. The van der Waals surface area contributed by atoms with Crippen molar-refractivity contribution in [3.63, 3.8) is 0 Å². The first-order valence-corrected chi connectivity index (χ1v) is 8.71. The van der Waals surface area contributed by atoms with Crippen LogP contribution in [-0.2, 0) is 9.47 Å². The molecule has 0 N–H and O–H groups in total. The fraction of sp³-hybridized carbons (Fsp3) is 0.556. The Balaban J connectivity index is 1.34. The van der Waals surface area contributed by atoms with E-state index in [4.69, 9.17) is 9.47 Å². The lowest BCUT2D eigenvalue weighted by atomic mass is 10.1. The minimum atomic E-state index is 0.497. The fourth-order valence-electron chi connectivity index (χ4n) is 3.49. The van der Waals surface area contributed by atoms with Crippen LogP contribution in [0.15, 0.2) is 30.7 Å². The predicted molar refractivity (Wildman–Crippen MR) is 93.3 cm³/mol. The molecule has 0 bridgehead atoms. The van der Waals surface area contributed by atoms with Gasteiger partial charge >= 0.3 is 0 Å². The molecule has 3 heterocycles. The van der Waals surface area contributed by atoms with Crippen LogP contribution >= 0.6 is 0 Å². The highest BCUT2D eigenvalue weighted by atomic mass is 16.5. The van der Waals surface area contributed by atoms with Crippen LogP contribution < -0.4 is 4.90 Å². The smallest absolute Gasteiger partial charge is 0.116 e. The van der Waals surface area contributed by atoms with Crippen LogP contribution in [0.1, 0.15) is 0 Å². The highest BCUT2D eigenvalue weighted by Gasteiger charge is 2.22. The quantitative estimate of drug-likeness (QED) is 0.849. The summed E-state index contributed by atoms with van der Waals surface area (Å²) in [6.07, 6.45) is 3.48. The number of aromatic nitrogens is 2. The predicted octanol–water partition coefficient (Wildman–Crippen LogP) is 1.41. The SMILES string of the molecule is c1ncc2cc(N3CCN(CC4COCCOC4)CC3)ccc2n1. The lowest BCUT2D eigenvalue weighted by Crippen LogP contribution is -2.48. The third kappa shape index (κ3) is 3.66. The van der Waals surface area contributed by atoms with E-state index in [-0.39, 0.29) is 0 Å². The number of hydrogen-bond acceptors (Lipinski definition) is 6. The van der Waals surface area contributed by atoms with Crippen LogP contribution in [0.4, 0.5) is 5.69 Å². The number of hydrogen-bond donors (Lipinski definition) is 0. The molecule has 4 rings (SSSR count). The van der Waals surface area contributed by atoms with Crippen molar-refractivity contribution in [2.45, 2.75) is 0 Å². The van der Waals surface area contributed by atoms with Gasteiger partial charge in [-0.2, -0.15) is 0 Å². The molecule has 0 amide bonds. The van der Waals surface area contributed by atoms with Crippen LogP contribution in [0, 0.1) is 5.92 Å². The first-order valence-electron chi connectivity index (χ1n) is 8.71. The zero-order valence-corrected chi connectivity index (χ0v) is 13.9. The Hall–Kier alpha value is -1.76. The van der Waals surface area contributed by atoms with Gasteiger partial charge in [-0.1, -0.05) is 0 Å². The summed E-state index contributed by atoms with van der Waals surface area (Å²) in [5.74, 6) is 0.497. The normalized spacial score (nSPS) is 21.1. The Kier molecular flexibility index (Phi) is 4.87. The Morgan fingerprint density at radius 1 is 1.04 bits per heavy atom. The summed E-state index contributed by atoms with van der Waals surface area (Å²) in [5, 5.41) is 1.10. The van der Waals surface area contributed by atoms with Gasteiger partial charge in [0, 0.05) is 55.9 Å². The average Bonchev–Trinajstić information content (AvgIpc) is 2.91. The molecule has 0 atom stereocenters. The maximum absolute atomic E-state index is 5.61. The van der Waals surface area contributed by atoms with Gasteiger partial charge in [0.25, 0.3) is 0 Å². The summed E-state index contributed by atoms with van der Waals surface area (Å²) < 4.78 is 11.2. The monoisotopic (exact) mass is 328 g/mol. The average molecular weight is 328 g/mol. The minimum Gasteiger partial charge on any atom is -0.379 e. The molecule has 0 radical (unpaired) electrons. The molecule has 6 nitrogen and oxygen atoms in total. The van der Waals surface area contributed by atoms with E-state index in [9.17, 15) is 0 Å². The maximum Gasteiger partial charge on any atom is 0.116 e. The summed E-state index contributed by atoms with van der Waals surface area (Å²) in [6, 6.07) is 6.44. The van der Waals surface area contributed by atoms with Crippen molar-refractivity contribution in [3.8, 4) is 0 Å². The number of rotatable bonds is 3. The van der Waals surface area contributed by atoms with E-state index in [0.29, 0.717) is 5.92 Å².